The van der Waals surface area contributed by atoms with Crippen molar-refractivity contribution in [2.24, 2.45) is 0 Å². The van der Waals surface area contributed by atoms with Gasteiger partial charge in [0.2, 0.25) is 5.91 Å². The zero-order valence-electron chi connectivity index (χ0n) is 11.5. The number of rotatable bonds is 5. The summed E-state index contributed by atoms with van der Waals surface area (Å²) in [6.45, 7) is 1.82. The minimum absolute atomic E-state index is 0.0227. The average Bonchev–Trinajstić information content (AvgIpc) is 2.90. The van der Waals surface area contributed by atoms with Gasteiger partial charge < -0.3 is 0 Å². The monoisotopic (exact) mass is 336 g/mol. The summed E-state index contributed by atoms with van der Waals surface area (Å²) in [5.74, 6) is -0.523. The predicted molar refractivity (Wildman–Crippen MR) is 80.2 cm³/mol. The largest absolute Gasteiger partial charge is 0.277 e. The summed E-state index contributed by atoms with van der Waals surface area (Å²) in [6.07, 6.45) is -0.0227. The molecular weight excluding hydrogens is 324 g/mol. The topological polar surface area (TPSA) is 112 Å². The summed E-state index contributed by atoms with van der Waals surface area (Å²) in [4.78, 5) is 17.7. The number of nitrogens with one attached hydrogen (secondary N) is 2. The van der Waals surface area contributed by atoms with Gasteiger partial charge in [0.05, 0.1) is 33.7 Å². The van der Waals surface area contributed by atoms with Gasteiger partial charge >= 0.3 is 0 Å². The first kappa shape index (κ1) is 16.1. The molecule has 0 unspecified atom stereocenters. The van der Waals surface area contributed by atoms with Crippen molar-refractivity contribution in [3.8, 4) is 6.07 Å². The third kappa shape index (κ3) is 4.11. The van der Waals surface area contributed by atoms with Gasteiger partial charge in [0.25, 0.3) is 10.0 Å². The number of nitrogens with zero attached hydrogens (tertiary/aromatic N) is 2. The maximum Gasteiger partial charge on any atom is 0.257 e. The van der Waals surface area contributed by atoms with Crippen LogP contribution in [-0.2, 0) is 21.2 Å². The second-order valence-corrected chi connectivity index (χ2v) is 7.07. The molecule has 2 N–H and O–H groups in total. The van der Waals surface area contributed by atoms with Crippen LogP contribution in [0.2, 0.25) is 0 Å². The number of thiazole rings is 1. The van der Waals surface area contributed by atoms with Crippen LogP contribution in [0, 0.1) is 18.3 Å². The Bertz CT molecular complexity index is 837. The molecule has 0 fully saturated rings. The lowest BCUT2D eigenvalue weighted by molar-refractivity contribution is -0.120. The molecule has 2 aromatic rings. The Labute approximate surface area is 131 Å². The highest BCUT2D eigenvalue weighted by atomic mass is 32.2. The minimum atomic E-state index is -3.93. The number of amides is 1. The van der Waals surface area contributed by atoms with E-state index in [2.05, 4.69) is 10.4 Å². The van der Waals surface area contributed by atoms with E-state index >= 15 is 0 Å². The number of hydrazine groups is 1. The van der Waals surface area contributed by atoms with Crippen LogP contribution in [0.1, 0.15) is 16.3 Å². The number of hydrogen-bond donors (Lipinski definition) is 2. The summed E-state index contributed by atoms with van der Waals surface area (Å²) in [6, 6.07) is 7.35. The summed E-state index contributed by atoms with van der Waals surface area (Å²) in [5.41, 5.74) is 2.91. The predicted octanol–water partition coefficient (Wildman–Crippen LogP) is 0.875. The number of nitriles is 1. The molecule has 0 aliphatic heterocycles. The van der Waals surface area contributed by atoms with Crippen LogP contribution in [0.3, 0.4) is 0 Å². The fourth-order valence-corrected chi connectivity index (χ4v) is 3.13. The molecule has 1 aromatic heterocycles. The van der Waals surface area contributed by atoms with Crippen LogP contribution in [0.5, 0.6) is 0 Å². The molecular formula is C13H12N4O3S2. The van der Waals surface area contributed by atoms with E-state index in [1.54, 1.807) is 5.38 Å². The van der Waals surface area contributed by atoms with Crippen LogP contribution in [0.4, 0.5) is 0 Å². The first-order chi connectivity index (χ1) is 10.4. The van der Waals surface area contributed by atoms with Gasteiger partial charge in [-0.3, -0.25) is 10.2 Å². The van der Waals surface area contributed by atoms with Gasteiger partial charge in [-0.2, -0.15) is 5.26 Å². The highest BCUT2D eigenvalue weighted by molar-refractivity contribution is 7.89. The van der Waals surface area contributed by atoms with Crippen molar-refractivity contribution in [3.05, 3.63) is 45.9 Å². The van der Waals surface area contributed by atoms with E-state index in [9.17, 15) is 13.2 Å². The van der Waals surface area contributed by atoms with Crippen molar-refractivity contribution in [1.82, 2.24) is 15.2 Å². The van der Waals surface area contributed by atoms with E-state index in [4.69, 9.17) is 5.26 Å². The Morgan fingerprint density at radius 2 is 2.23 bits per heavy atom. The molecule has 0 saturated heterocycles. The molecule has 0 aliphatic rings. The normalized spacial score (nSPS) is 10.9. The molecule has 0 spiro atoms. The van der Waals surface area contributed by atoms with Crippen molar-refractivity contribution in [1.29, 1.82) is 5.26 Å². The highest BCUT2D eigenvalue weighted by Gasteiger charge is 2.16. The number of hydrogen-bond acceptors (Lipinski definition) is 6. The molecule has 1 amide bonds. The Kier molecular flexibility index (Phi) is 4.87. The Balaban J connectivity index is 2.00. The van der Waals surface area contributed by atoms with E-state index in [0.717, 1.165) is 5.01 Å². The summed E-state index contributed by atoms with van der Waals surface area (Å²) < 4.78 is 24.0. The van der Waals surface area contributed by atoms with E-state index in [1.165, 1.54) is 35.6 Å². The van der Waals surface area contributed by atoms with Crippen molar-refractivity contribution in [2.45, 2.75) is 18.2 Å². The van der Waals surface area contributed by atoms with E-state index in [-0.39, 0.29) is 16.9 Å². The first-order valence-corrected chi connectivity index (χ1v) is 8.49. The van der Waals surface area contributed by atoms with Crippen molar-refractivity contribution in [3.63, 3.8) is 0 Å². The SMILES string of the molecule is Cc1nc(CC(=O)NNS(=O)(=O)c2cccc(C#N)c2)cs1. The van der Waals surface area contributed by atoms with Gasteiger partial charge in [-0.05, 0) is 25.1 Å². The lowest BCUT2D eigenvalue weighted by Crippen LogP contribution is -2.42. The van der Waals surface area contributed by atoms with Crippen molar-refractivity contribution in [2.75, 3.05) is 0 Å². The Morgan fingerprint density at radius 3 is 2.86 bits per heavy atom. The maximum atomic E-state index is 12.0. The van der Waals surface area contributed by atoms with Crippen LogP contribution < -0.4 is 10.3 Å². The van der Waals surface area contributed by atoms with Gasteiger partial charge in [0, 0.05) is 5.38 Å². The number of sulfonamides is 1. The third-order valence-corrected chi connectivity index (χ3v) is 4.67. The van der Waals surface area contributed by atoms with Gasteiger partial charge in [0.1, 0.15) is 0 Å². The molecule has 1 heterocycles. The van der Waals surface area contributed by atoms with Gasteiger partial charge in [-0.15, -0.1) is 16.2 Å². The first-order valence-electron chi connectivity index (χ1n) is 6.12. The van der Waals surface area contributed by atoms with Gasteiger partial charge in [0.15, 0.2) is 0 Å². The standard InChI is InChI=1S/C13H12N4O3S2/c1-9-15-11(8-21-9)6-13(18)16-17-22(19,20)12-4-2-3-10(5-12)7-14/h2-5,8,17H,6H2,1H3,(H,16,18). The fourth-order valence-electron chi connectivity index (χ4n) is 1.61. The van der Waals surface area contributed by atoms with Gasteiger partial charge in [-0.25, -0.2) is 13.4 Å². The maximum absolute atomic E-state index is 12.0. The van der Waals surface area contributed by atoms with Crippen molar-refractivity contribution >= 4 is 27.3 Å². The summed E-state index contributed by atoms with van der Waals surface area (Å²) in [7, 11) is -3.93. The Morgan fingerprint density at radius 1 is 1.45 bits per heavy atom. The molecule has 1 aromatic carbocycles. The molecule has 7 nitrogen and oxygen atoms in total. The minimum Gasteiger partial charge on any atom is -0.277 e. The highest BCUT2D eigenvalue weighted by Crippen LogP contribution is 2.10. The average molecular weight is 336 g/mol. The molecule has 0 bridgehead atoms. The molecule has 0 atom stereocenters. The third-order valence-electron chi connectivity index (χ3n) is 2.61. The molecule has 0 radical (unpaired) electrons. The molecule has 2 rings (SSSR count). The summed E-state index contributed by atoms with van der Waals surface area (Å²) >= 11 is 1.41. The molecule has 9 heteroatoms. The smallest absolute Gasteiger partial charge is 0.257 e. The molecule has 0 saturated carbocycles. The number of carbonyl (C=O) groups excluding carboxylic acids is 1. The van der Waals surface area contributed by atoms with E-state index in [0.29, 0.717) is 5.69 Å². The van der Waals surface area contributed by atoms with Crippen LogP contribution in [0.15, 0.2) is 34.5 Å². The zero-order valence-corrected chi connectivity index (χ0v) is 13.2. The number of aryl methyl sites for hydroxylation is 1. The lowest BCUT2D eigenvalue weighted by atomic mass is 10.2. The van der Waals surface area contributed by atoms with E-state index in [1.807, 2.05) is 17.8 Å². The molecule has 22 heavy (non-hydrogen) atoms. The lowest BCUT2D eigenvalue weighted by Gasteiger charge is -2.08. The summed E-state index contributed by atoms with van der Waals surface area (Å²) in [5, 5.41) is 11.3. The Hall–Kier alpha value is -2.28. The number of carbonyl (C=O) groups is 1. The number of benzene rings is 1. The number of aromatic nitrogens is 1. The van der Waals surface area contributed by atoms with Gasteiger partial charge in [-0.1, -0.05) is 6.07 Å². The zero-order chi connectivity index (χ0) is 16.2. The molecule has 114 valence electrons. The second-order valence-electron chi connectivity index (χ2n) is 4.33. The van der Waals surface area contributed by atoms with Crippen LogP contribution >= 0.6 is 11.3 Å². The van der Waals surface area contributed by atoms with Crippen LogP contribution in [-0.4, -0.2) is 19.3 Å². The quantitative estimate of drug-likeness (QED) is 0.787. The fraction of sp³-hybridized carbons (Fsp3) is 0.154. The second kappa shape index (κ2) is 6.65. The van der Waals surface area contributed by atoms with Crippen LogP contribution in [0.25, 0.3) is 0 Å². The molecule has 0 aliphatic carbocycles. The van der Waals surface area contributed by atoms with Crippen molar-refractivity contribution < 1.29 is 13.2 Å². The van der Waals surface area contributed by atoms with E-state index < -0.39 is 15.9 Å².